The number of nitrogens with zero attached hydrogens (tertiary/aromatic N) is 4. The molecule has 8 nitrogen and oxygen atoms in total. The average Bonchev–Trinajstić information content (AvgIpc) is 3.19. The summed E-state index contributed by atoms with van der Waals surface area (Å²) in [5, 5.41) is 19.4. The third-order valence-corrected chi connectivity index (χ3v) is 8.26. The summed E-state index contributed by atoms with van der Waals surface area (Å²) < 4.78 is 31.4. The number of rotatable bonds is 6. The van der Waals surface area contributed by atoms with Gasteiger partial charge in [0, 0.05) is 21.6 Å². The van der Waals surface area contributed by atoms with E-state index in [0.29, 0.717) is 11.2 Å². The maximum absolute atomic E-state index is 13.9. The molecule has 0 radical (unpaired) electrons. The molecule has 4 aromatic rings. The molecule has 0 bridgehead atoms. The lowest BCUT2D eigenvalue weighted by Crippen LogP contribution is -2.52. The fourth-order valence-corrected chi connectivity index (χ4v) is 6.74. The van der Waals surface area contributed by atoms with Gasteiger partial charge in [-0.1, -0.05) is 44.0 Å². The van der Waals surface area contributed by atoms with Crippen LogP contribution in [0.2, 0.25) is 10.0 Å². The Bertz CT molecular complexity index is 1550. The number of benzene rings is 2. The highest BCUT2D eigenvalue weighted by Crippen LogP contribution is 2.37. The number of fused-ring (bicyclic) bond motifs is 1. The normalized spacial score (nSPS) is 13.1. The van der Waals surface area contributed by atoms with Crippen molar-refractivity contribution >= 4 is 78.4 Å². The van der Waals surface area contributed by atoms with Gasteiger partial charge in [0.25, 0.3) is 10.0 Å². The Balaban J connectivity index is 1.93. The highest BCUT2D eigenvalue weighted by Gasteiger charge is 2.43. The molecule has 36 heavy (non-hydrogen) atoms. The second kappa shape index (κ2) is 9.81. The molecule has 1 atom stereocenters. The molecule has 188 valence electrons. The van der Waals surface area contributed by atoms with Crippen LogP contribution in [0, 0.1) is 9.12 Å². The van der Waals surface area contributed by atoms with Crippen LogP contribution >= 0.6 is 45.8 Å². The van der Waals surface area contributed by atoms with Crippen molar-refractivity contribution in [2.24, 2.45) is 5.41 Å². The minimum Gasteiger partial charge on any atom is -0.480 e. The van der Waals surface area contributed by atoms with Crippen LogP contribution in [0.5, 0.6) is 0 Å². The molecule has 0 fully saturated rings. The lowest BCUT2D eigenvalue weighted by molar-refractivity contribution is -0.140. The Hall–Kier alpha value is -2.41. The van der Waals surface area contributed by atoms with Crippen LogP contribution < -0.4 is 4.31 Å². The number of anilines is 1. The Morgan fingerprint density at radius 2 is 1.69 bits per heavy atom. The van der Waals surface area contributed by atoms with Crippen LogP contribution in [-0.4, -0.2) is 40.3 Å². The SMILES string of the molecule is CC(C)(C)C(C(=O)O)N(c1ccc2c(ccn2-c2ccc(I)nn2)c1)S(=O)(=O)c1cc(Cl)cc(Cl)c1. The first-order valence-electron chi connectivity index (χ1n) is 10.6. The number of carboxylic acid groups (broad SMARTS) is 1. The predicted octanol–water partition coefficient (Wildman–Crippen LogP) is 6.03. The number of hydrogen-bond acceptors (Lipinski definition) is 5. The monoisotopic (exact) mass is 658 g/mol. The van der Waals surface area contributed by atoms with E-state index in [2.05, 4.69) is 32.8 Å². The molecule has 2 aromatic carbocycles. The van der Waals surface area contributed by atoms with Crippen LogP contribution in [0.1, 0.15) is 20.8 Å². The Morgan fingerprint density at radius 1 is 1.03 bits per heavy atom. The lowest BCUT2D eigenvalue weighted by atomic mass is 9.86. The molecular weight excluding hydrogens is 638 g/mol. The first-order valence-corrected chi connectivity index (χ1v) is 13.9. The van der Waals surface area contributed by atoms with Gasteiger partial charge in [0.15, 0.2) is 5.82 Å². The molecule has 2 aromatic heterocycles. The van der Waals surface area contributed by atoms with Gasteiger partial charge in [-0.25, -0.2) is 13.2 Å². The zero-order valence-corrected chi connectivity index (χ0v) is 23.8. The fraction of sp³-hybridized carbons (Fsp3) is 0.208. The largest absolute Gasteiger partial charge is 0.480 e. The molecule has 2 heterocycles. The van der Waals surface area contributed by atoms with E-state index >= 15 is 0 Å². The highest BCUT2D eigenvalue weighted by atomic mass is 127. The quantitative estimate of drug-likeness (QED) is 0.254. The molecule has 0 saturated carbocycles. The van der Waals surface area contributed by atoms with Gasteiger partial charge < -0.3 is 5.11 Å². The van der Waals surface area contributed by atoms with E-state index < -0.39 is 27.4 Å². The standard InChI is InChI=1S/C24H21Cl2IN4O4S/c1-24(2,3)22(23(32)33)31(36(34,35)18-12-15(25)11-16(26)13-18)17-4-5-19-14(10-17)8-9-30(19)21-7-6-20(27)28-29-21/h4-13,22H,1-3H3,(H,32,33). The molecule has 0 aliphatic rings. The Morgan fingerprint density at radius 3 is 2.25 bits per heavy atom. The molecule has 0 aliphatic carbocycles. The number of aliphatic carboxylic acids is 1. The number of aromatic nitrogens is 3. The number of carboxylic acids is 1. The summed E-state index contributed by atoms with van der Waals surface area (Å²) in [6.45, 7) is 5.01. The van der Waals surface area contributed by atoms with E-state index in [9.17, 15) is 18.3 Å². The molecule has 12 heteroatoms. The summed E-state index contributed by atoms with van der Waals surface area (Å²) >= 11 is 14.2. The van der Waals surface area contributed by atoms with Gasteiger partial charge in [-0.2, -0.15) is 0 Å². The highest BCUT2D eigenvalue weighted by molar-refractivity contribution is 14.1. The zero-order valence-electron chi connectivity index (χ0n) is 19.4. The number of hydrogen-bond donors (Lipinski definition) is 1. The summed E-state index contributed by atoms with van der Waals surface area (Å²) in [6, 6.07) is 12.9. The van der Waals surface area contributed by atoms with Gasteiger partial charge in [0.05, 0.1) is 16.1 Å². The van der Waals surface area contributed by atoms with Crippen molar-refractivity contribution in [3.05, 3.63) is 74.5 Å². The molecule has 4 rings (SSSR count). The molecule has 0 amide bonds. The van der Waals surface area contributed by atoms with Crippen LogP contribution in [0.15, 0.2) is 65.7 Å². The van der Waals surface area contributed by atoms with Crippen molar-refractivity contribution in [3.8, 4) is 5.82 Å². The predicted molar refractivity (Wildman–Crippen MR) is 149 cm³/mol. The van der Waals surface area contributed by atoms with Gasteiger partial charge in [-0.15, -0.1) is 10.2 Å². The molecule has 1 unspecified atom stereocenters. The maximum atomic E-state index is 13.9. The van der Waals surface area contributed by atoms with Crippen LogP contribution in [0.25, 0.3) is 16.7 Å². The molecular formula is C24H21Cl2IN4O4S. The zero-order chi connectivity index (χ0) is 26.4. The molecule has 0 aliphatic heterocycles. The van der Waals surface area contributed by atoms with E-state index in [0.717, 1.165) is 13.5 Å². The smallest absolute Gasteiger partial charge is 0.328 e. The minimum absolute atomic E-state index is 0.120. The van der Waals surface area contributed by atoms with E-state index in [1.807, 2.05) is 16.7 Å². The van der Waals surface area contributed by atoms with Crippen molar-refractivity contribution in [2.45, 2.75) is 31.7 Å². The Labute approximate surface area is 232 Å². The summed E-state index contributed by atoms with van der Waals surface area (Å²) in [6.07, 6.45) is 1.79. The summed E-state index contributed by atoms with van der Waals surface area (Å²) in [7, 11) is -4.39. The third-order valence-electron chi connectivity index (χ3n) is 5.47. The van der Waals surface area contributed by atoms with E-state index in [1.165, 1.54) is 18.2 Å². The topological polar surface area (TPSA) is 105 Å². The third kappa shape index (κ3) is 5.17. The minimum atomic E-state index is -4.39. The van der Waals surface area contributed by atoms with Gasteiger partial charge in [0.1, 0.15) is 9.74 Å². The second-order valence-corrected chi connectivity index (χ2v) is 12.9. The van der Waals surface area contributed by atoms with Crippen molar-refractivity contribution in [2.75, 3.05) is 4.31 Å². The Kier molecular flexibility index (Phi) is 7.26. The summed E-state index contributed by atoms with van der Waals surface area (Å²) in [5.74, 6) is -0.694. The summed E-state index contributed by atoms with van der Waals surface area (Å²) in [4.78, 5) is 12.3. The number of halogens is 3. The average molecular weight is 659 g/mol. The van der Waals surface area contributed by atoms with Crippen molar-refractivity contribution < 1.29 is 18.3 Å². The van der Waals surface area contributed by atoms with E-state index in [-0.39, 0.29) is 20.6 Å². The maximum Gasteiger partial charge on any atom is 0.328 e. The van der Waals surface area contributed by atoms with Gasteiger partial charge >= 0.3 is 5.97 Å². The first kappa shape index (κ1) is 26.6. The molecule has 0 spiro atoms. The molecule has 0 saturated heterocycles. The van der Waals surface area contributed by atoms with Crippen molar-refractivity contribution in [3.63, 3.8) is 0 Å². The van der Waals surface area contributed by atoms with Gasteiger partial charge in [-0.05, 0) is 82.6 Å². The molecule has 1 N–H and O–H groups in total. The second-order valence-electron chi connectivity index (χ2n) is 9.16. The van der Waals surface area contributed by atoms with Crippen molar-refractivity contribution in [1.29, 1.82) is 0 Å². The van der Waals surface area contributed by atoms with Gasteiger partial charge in [-0.3, -0.25) is 8.87 Å². The number of sulfonamides is 1. The fourth-order valence-electron chi connectivity index (χ4n) is 3.94. The summed E-state index contributed by atoms with van der Waals surface area (Å²) in [5.41, 5.74) is -0.0220. The van der Waals surface area contributed by atoms with E-state index in [1.54, 1.807) is 51.2 Å². The number of carbonyl (C=O) groups is 1. The van der Waals surface area contributed by atoms with Crippen molar-refractivity contribution in [1.82, 2.24) is 14.8 Å². The lowest BCUT2D eigenvalue weighted by Gasteiger charge is -2.37. The first-order chi connectivity index (χ1) is 16.8. The van der Waals surface area contributed by atoms with Crippen LogP contribution in [0.4, 0.5) is 5.69 Å². The van der Waals surface area contributed by atoms with Crippen LogP contribution in [-0.2, 0) is 14.8 Å². The van der Waals surface area contributed by atoms with Gasteiger partial charge in [0.2, 0.25) is 0 Å². The van der Waals surface area contributed by atoms with Crippen LogP contribution in [0.3, 0.4) is 0 Å². The van der Waals surface area contributed by atoms with E-state index in [4.69, 9.17) is 23.2 Å².